The van der Waals surface area contributed by atoms with Gasteiger partial charge in [0.05, 0.1) is 5.71 Å². The predicted octanol–water partition coefficient (Wildman–Crippen LogP) is 2.97. The Balaban J connectivity index is 1.89. The number of rotatable bonds is 1. The van der Waals surface area contributed by atoms with E-state index in [1.165, 1.54) is 0 Å². The van der Waals surface area contributed by atoms with Crippen molar-refractivity contribution in [1.29, 1.82) is 0 Å². The monoisotopic (exact) mass is 313 g/mol. The van der Waals surface area contributed by atoms with E-state index in [1.807, 2.05) is 29.9 Å². The maximum Gasteiger partial charge on any atom is 0.231 e. The minimum atomic E-state index is 0.0501. The fourth-order valence-electron chi connectivity index (χ4n) is 3.45. The van der Waals surface area contributed by atoms with Gasteiger partial charge < -0.3 is 14.7 Å². The highest BCUT2D eigenvalue weighted by Gasteiger charge is 2.35. The minimum absolute atomic E-state index is 0.0501. The highest BCUT2D eigenvalue weighted by molar-refractivity contribution is 6.07. The zero-order chi connectivity index (χ0) is 16.2. The van der Waals surface area contributed by atoms with E-state index in [0.717, 1.165) is 46.9 Å². The molecule has 0 bridgehead atoms. The van der Waals surface area contributed by atoms with Gasteiger partial charge in [0, 0.05) is 23.9 Å². The number of hydrogen-bond acceptors (Lipinski definition) is 5. The molecule has 2 aromatic rings. The molecule has 0 spiro atoms. The molecule has 1 N–H and O–H groups in total. The normalized spacial score (nSPS) is 19.9. The van der Waals surface area contributed by atoms with Crippen LogP contribution in [0, 0.1) is 5.41 Å². The Morgan fingerprint density at radius 2 is 2.00 bits per heavy atom. The van der Waals surface area contributed by atoms with Crippen LogP contribution in [0.5, 0.6) is 11.5 Å². The molecule has 1 aromatic heterocycles. The Hall–Kier alpha value is -2.50. The molecule has 0 unspecified atom stereocenters. The van der Waals surface area contributed by atoms with Crippen LogP contribution in [-0.4, -0.2) is 27.5 Å². The number of aromatic nitrogens is 2. The van der Waals surface area contributed by atoms with E-state index in [2.05, 4.69) is 24.1 Å². The summed E-state index contributed by atoms with van der Waals surface area (Å²) in [6, 6.07) is 5.78. The van der Waals surface area contributed by atoms with Gasteiger partial charge in [0.2, 0.25) is 6.79 Å². The molecular weight excluding hydrogens is 294 g/mol. The van der Waals surface area contributed by atoms with E-state index in [-0.39, 0.29) is 12.2 Å². The van der Waals surface area contributed by atoms with Crippen molar-refractivity contribution in [2.75, 3.05) is 6.79 Å². The molecule has 0 saturated carbocycles. The van der Waals surface area contributed by atoms with Crippen LogP contribution < -0.4 is 9.47 Å². The first-order valence-corrected chi connectivity index (χ1v) is 7.66. The van der Waals surface area contributed by atoms with Crippen LogP contribution in [-0.2, 0) is 13.5 Å². The molecule has 6 heteroatoms. The Morgan fingerprint density at radius 1 is 1.22 bits per heavy atom. The third-order valence-electron chi connectivity index (χ3n) is 4.51. The SMILES string of the molecule is Cn1nc(-c2ccc3c(c2)OCO3)c2c1CC(C)(C)C/C2=N/O. The third kappa shape index (κ3) is 2.17. The Bertz CT molecular complexity index is 821. The van der Waals surface area contributed by atoms with Gasteiger partial charge in [0.25, 0.3) is 0 Å². The number of fused-ring (bicyclic) bond motifs is 2. The van der Waals surface area contributed by atoms with Crippen molar-refractivity contribution in [3.8, 4) is 22.8 Å². The van der Waals surface area contributed by atoms with E-state index in [0.29, 0.717) is 5.71 Å². The number of aryl methyl sites for hydroxylation is 1. The van der Waals surface area contributed by atoms with Crippen molar-refractivity contribution in [2.45, 2.75) is 26.7 Å². The van der Waals surface area contributed by atoms with Gasteiger partial charge >= 0.3 is 0 Å². The minimum Gasteiger partial charge on any atom is -0.454 e. The summed E-state index contributed by atoms with van der Waals surface area (Å²) in [5, 5.41) is 17.8. The van der Waals surface area contributed by atoms with Crippen LogP contribution in [0.4, 0.5) is 0 Å². The molecule has 0 fully saturated rings. The lowest BCUT2D eigenvalue weighted by atomic mass is 9.75. The maximum atomic E-state index is 9.51. The van der Waals surface area contributed by atoms with Crippen molar-refractivity contribution < 1.29 is 14.7 Å². The first kappa shape index (κ1) is 14.1. The highest BCUT2D eigenvalue weighted by Crippen LogP contribution is 2.41. The van der Waals surface area contributed by atoms with Crippen molar-refractivity contribution in [3.63, 3.8) is 0 Å². The molecule has 2 heterocycles. The standard InChI is InChI=1S/C17H19N3O3/c1-17(2)7-11(19-21)15-12(8-17)20(3)18-16(15)10-4-5-13-14(6-10)23-9-22-13/h4-6,21H,7-9H2,1-3H3/b19-11-. The predicted molar refractivity (Wildman–Crippen MR) is 85.2 cm³/mol. The number of oxime groups is 1. The van der Waals surface area contributed by atoms with Crippen molar-refractivity contribution in [3.05, 3.63) is 29.5 Å². The Labute approximate surface area is 134 Å². The lowest BCUT2D eigenvalue weighted by Crippen LogP contribution is -2.28. The molecule has 4 rings (SSSR count). The first-order valence-electron chi connectivity index (χ1n) is 7.66. The third-order valence-corrected chi connectivity index (χ3v) is 4.51. The summed E-state index contributed by atoms with van der Waals surface area (Å²) < 4.78 is 12.7. The van der Waals surface area contributed by atoms with Crippen LogP contribution >= 0.6 is 0 Å². The van der Waals surface area contributed by atoms with Gasteiger partial charge in [-0.3, -0.25) is 4.68 Å². The van der Waals surface area contributed by atoms with Crippen molar-refractivity contribution in [2.24, 2.45) is 17.6 Å². The average molecular weight is 313 g/mol. The molecule has 0 atom stereocenters. The van der Waals surface area contributed by atoms with Gasteiger partial charge in [-0.2, -0.15) is 5.10 Å². The molecule has 1 aromatic carbocycles. The van der Waals surface area contributed by atoms with Gasteiger partial charge in [-0.1, -0.05) is 19.0 Å². The van der Waals surface area contributed by atoms with E-state index in [4.69, 9.17) is 9.47 Å². The summed E-state index contributed by atoms with van der Waals surface area (Å²) >= 11 is 0. The summed E-state index contributed by atoms with van der Waals surface area (Å²) in [6.45, 7) is 4.60. The van der Waals surface area contributed by atoms with Gasteiger partial charge in [0.1, 0.15) is 5.69 Å². The first-order chi connectivity index (χ1) is 11.0. The molecule has 6 nitrogen and oxygen atoms in total. The highest BCUT2D eigenvalue weighted by atomic mass is 16.7. The second-order valence-corrected chi connectivity index (χ2v) is 6.93. The molecule has 120 valence electrons. The van der Waals surface area contributed by atoms with Crippen molar-refractivity contribution >= 4 is 5.71 Å². The fraction of sp³-hybridized carbons (Fsp3) is 0.412. The van der Waals surface area contributed by atoms with E-state index in [9.17, 15) is 5.21 Å². The van der Waals surface area contributed by atoms with Crippen LogP contribution in [0.3, 0.4) is 0 Å². The van der Waals surface area contributed by atoms with Crippen LogP contribution in [0.2, 0.25) is 0 Å². The molecule has 2 aliphatic rings. The molecule has 0 amide bonds. The van der Waals surface area contributed by atoms with Crippen LogP contribution in [0.1, 0.15) is 31.5 Å². The second-order valence-electron chi connectivity index (χ2n) is 6.93. The number of benzene rings is 1. The molecule has 0 radical (unpaired) electrons. The lowest BCUT2D eigenvalue weighted by Gasteiger charge is -2.30. The van der Waals surface area contributed by atoms with E-state index >= 15 is 0 Å². The number of ether oxygens (including phenoxy) is 2. The zero-order valence-electron chi connectivity index (χ0n) is 13.5. The second kappa shape index (κ2) is 4.75. The van der Waals surface area contributed by atoms with Crippen molar-refractivity contribution in [1.82, 2.24) is 9.78 Å². The topological polar surface area (TPSA) is 68.9 Å². The molecule has 1 aliphatic heterocycles. The van der Waals surface area contributed by atoms with E-state index in [1.54, 1.807) is 0 Å². The van der Waals surface area contributed by atoms with Crippen LogP contribution in [0.25, 0.3) is 11.3 Å². The lowest BCUT2D eigenvalue weighted by molar-refractivity contribution is 0.174. The number of nitrogens with zero attached hydrogens (tertiary/aromatic N) is 3. The molecule has 1 aliphatic carbocycles. The van der Waals surface area contributed by atoms with E-state index < -0.39 is 0 Å². The summed E-state index contributed by atoms with van der Waals surface area (Å²) in [6.07, 6.45) is 1.62. The van der Waals surface area contributed by atoms with Gasteiger partial charge in [0.15, 0.2) is 11.5 Å². The quantitative estimate of drug-likeness (QED) is 0.649. The number of hydrogen-bond donors (Lipinski definition) is 1. The summed E-state index contributed by atoms with van der Waals surface area (Å²) in [5.41, 5.74) is 4.54. The summed E-state index contributed by atoms with van der Waals surface area (Å²) in [7, 11) is 1.94. The van der Waals surface area contributed by atoms with Gasteiger partial charge in [-0.15, -0.1) is 0 Å². The fourth-order valence-corrected chi connectivity index (χ4v) is 3.45. The smallest absolute Gasteiger partial charge is 0.231 e. The molecule has 0 saturated heterocycles. The molecule has 23 heavy (non-hydrogen) atoms. The molecular formula is C17H19N3O3. The van der Waals surface area contributed by atoms with Crippen LogP contribution in [0.15, 0.2) is 23.4 Å². The zero-order valence-corrected chi connectivity index (χ0v) is 13.5. The summed E-state index contributed by atoms with van der Waals surface area (Å²) in [4.78, 5) is 0. The Morgan fingerprint density at radius 3 is 2.78 bits per heavy atom. The largest absolute Gasteiger partial charge is 0.454 e. The van der Waals surface area contributed by atoms with Gasteiger partial charge in [-0.05, 0) is 36.5 Å². The summed E-state index contributed by atoms with van der Waals surface area (Å²) in [5.74, 6) is 1.47. The van der Waals surface area contributed by atoms with Gasteiger partial charge in [-0.25, -0.2) is 0 Å². The maximum absolute atomic E-state index is 9.51. The Kier molecular flexibility index (Phi) is 2.91. The average Bonchev–Trinajstić information content (AvgIpc) is 3.10.